The van der Waals surface area contributed by atoms with E-state index in [2.05, 4.69) is 4.74 Å². The number of rotatable bonds is 1. The second-order valence-corrected chi connectivity index (χ2v) is 1.37. The third kappa shape index (κ3) is 3.76. The molecule has 2 heteroatoms. The first-order valence-corrected chi connectivity index (χ1v) is 2.71. The zero-order chi connectivity index (χ0) is 4.12. The van der Waals surface area contributed by atoms with E-state index in [9.17, 15) is 0 Å². The quantitative estimate of drug-likeness (QED) is 0.309. The van der Waals surface area contributed by atoms with E-state index in [0.717, 1.165) is 10.2 Å². The average molecular weight is 88.2 g/mol. The van der Waals surface area contributed by atoms with E-state index in [1.165, 1.54) is 0 Å². The lowest BCUT2D eigenvalue weighted by atomic mass is 11.1. The zero-order valence-electron chi connectivity index (χ0n) is 3.56. The van der Waals surface area contributed by atoms with Gasteiger partial charge in [0.15, 0.2) is 0 Å². The van der Waals surface area contributed by atoms with Crippen LogP contribution >= 0.6 is 0 Å². The molecule has 0 radical (unpaired) electrons. The maximum absolute atomic E-state index is 4.55. The van der Waals surface area contributed by atoms with Crippen molar-refractivity contribution in [1.29, 1.82) is 0 Å². The molecule has 0 aromatic heterocycles. The Bertz CT molecular complexity index is 33.9. The maximum Gasteiger partial charge on any atom is 0.0766 e. The molecule has 0 heterocycles. The lowest BCUT2D eigenvalue weighted by molar-refractivity contribution is 0.339. The summed E-state index contributed by atoms with van der Waals surface area (Å²) in [4.78, 5) is 0. The molecule has 0 aliphatic heterocycles. The first kappa shape index (κ1) is 4.76. The Labute approximate surface area is 35.1 Å². The Hall–Kier alpha value is -0.243. The third-order valence-electron chi connectivity index (χ3n) is 0.272. The number of hydrogen-bond donors (Lipinski definition) is 0. The van der Waals surface area contributed by atoms with Gasteiger partial charge in [-0.05, 0) is 0 Å². The van der Waals surface area contributed by atoms with Gasteiger partial charge < -0.3 is 4.74 Å². The SMILES string of the molecule is COC=C[SiH3]. The van der Waals surface area contributed by atoms with Crippen molar-refractivity contribution in [1.82, 2.24) is 0 Å². The highest BCUT2D eigenvalue weighted by Crippen LogP contribution is 1.60. The van der Waals surface area contributed by atoms with E-state index in [4.69, 9.17) is 0 Å². The molecule has 0 rings (SSSR count). The van der Waals surface area contributed by atoms with Gasteiger partial charge in [0, 0.05) is 10.2 Å². The molecule has 0 amide bonds. The van der Waals surface area contributed by atoms with Crippen LogP contribution in [0.15, 0.2) is 12.0 Å². The van der Waals surface area contributed by atoms with Gasteiger partial charge >= 0.3 is 0 Å². The first-order chi connectivity index (χ1) is 2.41. The van der Waals surface area contributed by atoms with Gasteiger partial charge in [0.05, 0.1) is 13.4 Å². The van der Waals surface area contributed by atoms with Gasteiger partial charge in [0.2, 0.25) is 0 Å². The van der Waals surface area contributed by atoms with Gasteiger partial charge in [-0.3, -0.25) is 0 Å². The Morgan fingerprint density at radius 1 is 1.80 bits per heavy atom. The molecule has 0 saturated carbocycles. The van der Waals surface area contributed by atoms with Gasteiger partial charge in [-0.25, -0.2) is 0 Å². The lowest BCUT2D eigenvalue weighted by Crippen LogP contribution is -1.60. The fourth-order valence-corrected chi connectivity index (χ4v) is 0.408. The number of hydrogen-bond acceptors (Lipinski definition) is 1. The monoisotopic (exact) mass is 88.0 g/mol. The summed E-state index contributed by atoms with van der Waals surface area (Å²) in [5.74, 6) is 0. The topological polar surface area (TPSA) is 9.23 Å². The summed E-state index contributed by atoms with van der Waals surface area (Å²) in [6.45, 7) is 0. The largest absolute Gasteiger partial charge is 0.505 e. The molecule has 0 fully saturated rings. The summed E-state index contributed by atoms with van der Waals surface area (Å²) < 4.78 is 4.55. The van der Waals surface area contributed by atoms with Crippen molar-refractivity contribution >= 4 is 10.2 Å². The van der Waals surface area contributed by atoms with E-state index < -0.39 is 0 Å². The summed E-state index contributed by atoms with van der Waals surface area (Å²) in [6, 6.07) is 0. The van der Waals surface area contributed by atoms with Crippen LogP contribution in [0, 0.1) is 0 Å². The molecule has 0 aliphatic carbocycles. The number of methoxy groups -OCH3 is 1. The molecule has 0 unspecified atom stereocenters. The van der Waals surface area contributed by atoms with Crippen LogP contribution < -0.4 is 0 Å². The van der Waals surface area contributed by atoms with Crippen LogP contribution in [0.4, 0.5) is 0 Å². The van der Waals surface area contributed by atoms with Gasteiger partial charge in [0.25, 0.3) is 0 Å². The van der Waals surface area contributed by atoms with Crippen LogP contribution in [-0.2, 0) is 4.74 Å². The zero-order valence-corrected chi connectivity index (χ0v) is 5.56. The molecule has 0 N–H and O–H groups in total. The second kappa shape index (κ2) is 3.76. The Kier molecular flexibility index (Phi) is 3.57. The summed E-state index contributed by atoms with van der Waals surface area (Å²) in [5, 5.41) is 0. The highest BCUT2D eigenvalue weighted by Gasteiger charge is 1.47. The van der Waals surface area contributed by atoms with Crippen LogP contribution in [0.25, 0.3) is 0 Å². The van der Waals surface area contributed by atoms with Gasteiger partial charge in [-0.15, -0.1) is 0 Å². The van der Waals surface area contributed by atoms with Crippen molar-refractivity contribution in [3.05, 3.63) is 12.0 Å². The van der Waals surface area contributed by atoms with Crippen molar-refractivity contribution in [3.8, 4) is 0 Å². The van der Waals surface area contributed by atoms with Gasteiger partial charge in [-0.1, -0.05) is 5.70 Å². The minimum atomic E-state index is 1.09. The lowest BCUT2D eigenvalue weighted by Gasteiger charge is -1.76. The predicted molar refractivity (Wildman–Crippen MR) is 26.1 cm³/mol. The number of ether oxygens (including phenoxy) is 1. The van der Waals surface area contributed by atoms with E-state index in [0.29, 0.717) is 0 Å². The molecular weight excluding hydrogens is 80.1 g/mol. The summed E-state index contributed by atoms with van der Waals surface area (Å²) in [6.07, 6.45) is 1.69. The minimum Gasteiger partial charge on any atom is -0.505 e. The smallest absolute Gasteiger partial charge is 0.0766 e. The highest BCUT2D eigenvalue weighted by atomic mass is 28.1. The van der Waals surface area contributed by atoms with Crippen LogP contribution in [0.2, 0.25) is 0 Å². The van der Waals surface area contributed by atoms with E-state index in [1.54, 1.807) is 13.4 Å². The van der Waals surface area contributed by atoms with E-state index in [-0.39, 0.29) is 0 Å². The minimum absolute atomic E-state index is 1.09. The molecule has 0 spiro atoms. The molecule has 0 atom stereocenters. The summed E-state index contributed by atoms with van der Waals surface area (Å²) in [5.41, 5.74) is 1.97. The maximum atomic E-state index is 4.55. The fraction of sp³-hybridized carbons (Fsp3) is 0.333. The van der Waals surface area contributed by atoms with E-state index >= 15 is 0 Å². The molecular formula is C3H8OSi. The Balaban J connectivity index is 2.62. The van der Waals surface area contributed by atoms with Crippen LogP contribution in [0.1, 0.15) is 0 Å². The Morgan fingerprint density at radius 2 is 2.40 bits per heavy atom. The van der Waals surface area contributed by atoms with Crippen molar-refractivity contribution in [2.75, 3.05) is 7.11 Å². The third-order valence-corrected chi connectivity index (χ3v) is 0.544. The fourth-order valence-electron chi connectivity index (χ4n) is 0.136. The molecule has 0 bridgehead atoms. The molecule has 0 aromatic carbocycles. The van der Waals surface area contributed by atoms with Gasteiger partial charge in [0.1, 0.15) is 0 Å². The van der Waals surface area contributed by atoms with Crippen molar-refractivity contribution in [3.63, 3.8) is 0 Å². The average Bonchev–Trinajstić information content (AvgIpc) is 1.41. The molecule has 5 heavy (non-hydrogen) atoms. The highest BCUT2D eigenvalue weighted by molar-refractivity contribution is 6.16. The summed E-state index contributed by atoms with van der Waals surface area (Å²) >= 11 is 0. The van der Waals surface area contributed by atoms with Crippen molar-refractivity contribution in [2.45, 2.75) is 0 Å². The van der Waals surface area contributed by atoms with Crippen molar-refractivity contribution in [2.24, 2.45) is 0 Å². The van der Waals surface area contributed by atoms with Crippen LogP contribution in [0.3, 0.4) is 0 Å². The van der Waals surface area contributed by atoms with Crippen LogP contribution in [-0.4, -0.2) is 17.4 Å². The van der Waals surface area contributed by atoms with Crippen LogP contribution in [0.5, 0.6) is 0 Å². The Morgan fingerprint density at radius 3 is 2.40 bits per heavy atom. The second-order valence-electron chi connectivity index (χ2n) is 0.705. The standard InChI is InChI=1S/C3H8OSi/c1-4-2-3-5/h2-3H,1,5H3. The van der Waals surface area contributed by atoms with Crippen molar-refractivity contribution < 1.29 is 4.74 Å². The van der Waals surface area contributed by atoms with E-state index in [1.807, 2.05) is 5.70 Å². The van der Waals surface area contributed by atoms with Gasteiger partial charge in [-0.2, -0.15) is 0 Å². The molecule has 1 nitrogen and oxygen atoms in total. The first-order valence-electron chi connectivity index (χ1n) is 1.55. The predicted octanol–water partition coefficient (Wildman–Crippen LogP) is -0.531. The normalized spacial score (nSPS) is 9.80. The molecule has 0 aliphatic rings. The molecule has 0 saturated heterocycles. The molecule has 30 valence electrons. The summed E-state index contributed by atoms with van der Waals surface area (Å²) in [7, 11) is 2.74. The molecule has 0 aromatic rings.